The summed E-state index contributed by atoms with van der Waals surface area (Å²) >= 11 is 6.16. The number of carbonyl (C=O) groups is 1. The van der Waals surface area contributed by atoms with E-state index in [1.807, 2.05) is 42.5 Å². The fourth-order valence-electron chi connectivity index (χ4n) is 6.06. The lowest BCUT2D eigenvalue weighted by molar-refractivity contribution is -0.140. The molecular formula is C32H30ClF3N4O. The number of benzene rings is 3. The first-order valence-corrected chi connectivity index (χ1v) is 14.2. The smallest absolute Gasteiger partial charge is 0.382 e. The molecule has 41 heavy (non-hydrogen) atoms. The lowest BCUT2D eigenvalue weighted by Gasteiger charge is -2.35. The maximum absolute atomic E-state index is 13.5. The zero-order valence-corrected chi connectivity index (χ0v) is 23.1. The highest BCUT2D eigenvalue weighted by Gasteiger charge is 2.35. The summed E-state index contributed by atoms with van der Waals surface area (Å²) in [6.45, 7) is 1.99. The Morgan fingerprint density at radius 3 is 2.49 bits per heavy atom. The van der Waals surface area contributed by atoms with Crippen LogP contribution < -0.4 is 10.6 Å². The average Bonchev–Trinajstić information content (AvgIpc) is 3.41. The van der Waals surface area contributed by atoms with Crippen molar-refractivity contribution in [2.45, 2.75) is 63.6 Å². The molecule has 0 unspecified atom stereocenters. The predicted octanol–water partition coefficient (Wildman–Crippen LogP) is 7.58. The van der Waals surface area contributed by atoms with Gasteiger partial charge in [-0.1, -0.05) is 54.1 Å². The number of fused-ring (bicyclic) bond motifs is 2. The van der Waals surface area contributed by atoms with Crippen molar-refractivity contribution in [1.29, 1.82) is 0 Å². The normalized spacial score (nSPS) is 19.2. The molecule has 5 nitrogen and oxygen atoms in total. The summed E-state index contributed by atoms with van der Waals surface area (Å²) in [5.74, 6) is -0.0663. The van der Waals surface area contributed by atoms with E-state index in [9.17, 15) is 18.0 Å². The average molecular weight is 579 g/mol. The molecule has 1 amide bonds. The lowest BCUT2D eigenvalue weighted by Crippen LogP contribution is -2.37. The number of carbonyl (C=O) groups excluding carboxylic acids is 1. The number of pyridine rings is 1. The van der Waals surface area contributed by atoms with Gasteiger partial charge in [-0.05, 0) is 72.7 Å². The van der Waals surface area contributed by atoms with Gasteiger partial charge in [-0.3, -0.25) is 9.69 Å². The number of halogens is 4. The van der Waals surface area contributed by atoms with Crippen LogP contribution in [-0.2, 0) is 25.8 Å². The van der Waals surface area contributed by atoms with Crippen molar-refractivity contribution in [2.24, 2.45) is 0 Å². The minimum absolute atomic E-state index is 0.0428. The number of hydrogen-bond donors (Lipinski definition) is 2. The number of hydrogen-bond acceptors (Lipinski definition) is 4. The van der Waals surface area contributed by atoms with E-state index in [2.05, 4.69) is 26.6 Å². The number of nitrogens with zero attached hydrogens (tertiary/aromatic N) is 2. The molecule has 0 radical (unpaired) electrons. The fourth-order valence-corrected chi connectivity index (χ4v) is 6.23. The van der Waals surface area contributed by atoms with Crippen molar-refractivity contribution in [3.8, 4) is 0 Å². The number of nitrogens with one attached hydrogen (secondary N) is 2. The van der Waals surface area contributed by atoms with Crippen molar-refractivity contribution in [1.82, 2.24) is 15.2 Å². The Morgan fingerprint density at radius 1 is 0.951 bits per heavy atom. The second kappa shape index (κ2) is 11.3. The summed E-state index contributed by atoms with van der Waals surface area (Å²) in [6, 6.07) is 22.0. The van der Waals surface area contributed by atoms with Gasteiger partial charge in [0.15, 0.2) is 0 Å². The molecule has 3 aromatic carbocycles. The number of amides is 1. The van der Waals surface area contributed by atoms with Gasteiger partial charge in [-0.25, -0.2) is 4.98 Å². The molecule has 2 N–H and O–H groups in total. The molecule has 0 saturated heterocycles. The van der Waals surface area contributed by atoms with Crippen LogP contribution in [0.15, 0.2) is 72.8 Å². The molecule has 1 saturated carbocycles. The van der Waals surface area contributed by atoms with Crippen LogP contribution in [0.5, 0.6) is 0 Å². The van der Waals surface area contributed by atoms with Crippen molar-refractivity contribution in [3.05, 3.63) is 106 Å². The van der Waals surface area contributed by atoms with Crippen molar-refractivity contribution < 1.29 is 18.0 Å². The molecule has 2 aliphatic rings. The molecule has 1 aliphatic carbocycles. The van der Waals surface area contributed by atoms with E-state index in [4.69, 9.17) is 11.6 Å². The summed E-state index contributed by atoms with van der Waals surface area (Å²) in [4.78, 5) is 19.3. The lowest BCUT2D eigenvalue weighted by atomic mass is 9.90. The first kappa shape index (κ1) is 27.5. The van der Waals surface area contributed by atoms with Gasteiger partial charge in [-0.2, -0.15) is 13.2 Å². The summed E-state index contributed by atoms with van der Waals surface area (Å²) in [7, 11) is 0. The quantitative estimate of drug-likeness (QED) is 0.248. The van der Waals surface area contributed by atoms with Crippen LogP contribution in [0, 0.1) is 0 Å². The van der Waals surface area contributed by atoms with Crippen LogP contribution in [0.4, 0.5) is 18.9 Å². The molecule has 6 rings (SSSR count). The van der Waals surface area contributed by atoms with E-state index in [0.717, 1.165) is 61.5 Å². The highest BCUT2D eigenvalue weighted by atomic mass is 35.5. The first-order chi connectivity index (χ1) is 19.7. The summed E-state index contributed by atoms with van der Waals surface area (Å²) in [5, 5.41) is 7.46. The second-order valence-electron chi connectivity index (χ2n) is 10.9. The Balaban J connectivity index is 1.10. The molecule has 9 heteroatoms. The molecule has 1 aromatic heterocycles. The minimum atomic E-state index is -4.54. The van der Waals surface area contributed by atoms with Crippen molar-refractivity contribution >= 4 is 34.1 Å². The standard InChI is InChI=1S/C32H30ClF3N4O/c33-22-9-14-28-26(15-22)29(16-30(39-28)32(34,35)36)38-23-10-12-24(13-11-23)40-18-21-7-4-8-25(27(21)19-40)31(41)37-17-20-5-2-1-3-6-20/h1-9,14-16,23-24H,10-13,17-19H2,(H,37,41)(H,38,39). The van der Waals surface area contributed by atoms with Gasteiger partial charge < -0.3 is 10.6 Å². The van der Waals surface area contributed by atoms with E-state index in [-0.39, 0.29) is 17.5 Å². The first-order valence-electron chi connectivity index (χ1n) is 13.9. The van der Waals surface area contributed by atoms with Gasteiger partial charge in [0.1, 0.15) is 5.69 Å². The van der Waals surface area contributed by atoms with Gasteiger partial charge >= 0.3 is 6.18 Å². The van der Waals surface area contributed by atoms with Gasteiger partial charge in [0.05, 0.1) is 5.52 Å². The van der Waals surface area contributed by atoms with Gasteiger partial charge in [0.2, 0.25) is 0 Å². The number of rotatable bonds is 6. The van der Waals surface area contributed by atoms with Crippen molar-refractivity contribution in [2.75, 3.05) is 5.32 Å². The molecule has 1 aliphatic heterocycles. The Kier molecular flexibility index (Phi) is 7.62. The highest BCUT2D eigenvalue weighted by molar-refractivity contribution is 6.31. The molecule has 2 heterocycles. The number of anilines is 1. The zero-order valence-electron chi connectivity index (χ0n) is 22.3. The monoisotopic (exact) mass is 578 g/mol. The molecule has 1 fully saturated rings. The second-order valence-corrected chi connectivity index (χ2v) is 11.3. The van der Waals surface area contributed by atoms with Crippen LogP contribution in [0.25, 0.3) is 10.9 Å². The minimum Gasteiger partial charge on any atom is -0.382 e. The maximum Gasteiger partial charge on any atom is 0.433 e. The van der Waals surface area contributed by atoms with Crippen LogP contribution in [0.3, 0.4) is 0 Å². The molecule has 0 spiro atoms. The van der Waals surface area contributed by atoms with Crippen LogP contribution >= 0.6 is 11.6 Å². The molecule has 0 bridgehead atoms. The largest absolute Gasteiger partial charge is 0.433 e. The topological polar surface area (TPSA) is 57.3 Å². The van der Waals surface area contributed by atoms with Gasteiger partial charge in [-0.15, -0.1) is 0 Å². The predicted molar refractivity (Wildman–Crippen MR) is 155 cm³/mol. The van der Waals surface area contributed by atoms with E-state index in [0.29, 0.717) is 28.7 Å². The summed E-state index contributed by atoms with van der Waals surface area (Å²) in [5.41, 5.74) is 3.79. The Morgan fingerprint density at radius 2 is 1.73 bits per heavy atom. The van der Waals surface area contributed by atoms with E-state index >= 15 is 0 Å². The Labute approximate surface area is 241 Å². The maximum atomic E-state index is 13.5. The number of alkyl halides is 3. The summed E-state index contributed by atoms with van der Waals surface area (Å²) < 4.78 is 40.6. The molecule has 212 valence electrons. The van der Waals surface area contributed by atoms with E-state index in [1.165, 1.54) is 11.6 Å². The van der Waals surface area contributed by atoms with E-state index in [1.54, 1.807) is 12.1 Å². The van der Waals surface area contributed by atoms with Crippen LogP contribution in [0.1, 0.15) is 58.4 Å². The van der Waals surface area contributed by atoms with Crippen LogP contribution in [0.2, 0.25) is 5.02 Å². The Hall–Kier alpha value is -3.62. The van der Waals surface area contributed by atoms with Crippen molar-refractivity contribution in [3.63, 3.8) is 0 Å². The SMILES string of the molecule is O=C(NCc1ccccc1)c1cccc2c1CN(C1CCC(Nc3cc(C(F)(F)F)nc4ccc(Cl)cc34)CC1)C2. The third-order valence-electron chi connectivity index (χ3n) is 8.18. The van der Waals surface area contributed by atoms with Gasteiger partial charge in [0.25, 0.3) is 5.91 Å². The number of aromatic nitrogens is 1. The Bertz CT molecular complexity index is 1570. The third-order valence-corrected chi connectivity index (χ3v) is 8.42. The summed E-state index contributed by atoms with van der Waals surface area (Å²) in [6.07, 6.45) is -1.06. The highest BCUT2D eigenvalue weighted by Crippen LogP contribution is 2.37. The molecule has 0 atom stereocenters. The van der Waals surface area contributed by atoms with E-state index < -0.39 is 11.9 Å². The zero-order chi connectivity index (χ0) is 28.6. The molecule has 4 aromatic rings. The third kappa shape index (κ3) is 6.04. The van der Waals surface area contributed by atoms with Gasteiger partial charge in [0, 0.05) is 53.4 Å². The fraction of sp³-hybridized carbons (Fsp3) is 0.312. The van der Waals surface area contributed by atoms with Crippen LogP contribution in [-0.4, -0.2) is 27.9 Å². The molecular weight excluding hydrogens is 549 g/mol.